The van der Waals surface area contributed by atoms with E-state index in [1.165, 1.54) is 31.2 Å². The summed E-state index contributed by atoms with van der Waals surface area (Å²) in [6.45, 7) is -0.153. The summed E-state index contributed by atoms with van der Waals surface area (Å²) in [4.78, 5) is 11.3. The topological polar surface area (TPSA) is 46.5 Å². The molecule has 1 rings (SSSR count). The summed E-state index contributed by atoms with van der Waals surface area (Å²) < 4.78 is 39.6. The first-order valence-corrected chi connectivity index (χ1v) is 4.82. The number of carbonyl (C=O) groups is 1. The molecule has 0 radical (unpaired) electrons. The van der Waals surface area contributed by atoms with Crippen molar-refractivity contribution in [2.45, 2.75) is 19.0 Å². The molecule has 0 aliphatic heterocycles. The van der Waals surface area contributed by atoms with Crippen molar-refractivity contribution in [1.29, 1.82) is 0 Å². The van der Waals surface area contributed by atoms with E-state index in [4.69, 9.17) is 5.11 Å². The highest BCUT2D eigenvalue weighted by Gasteiger charge is 2.30. The standard InChI is InChI=1S/C11H11F3O3/c1-7(8-2-4-9(15)5-3-8)10(16)17-6-11(12,13)14/h2-5,7,15H,6H2,1H3/t7-/m0/s1. The van der Waals surface area contributed by atoms with Crippen LogP contribution in [0, 0.1) is 0 Å². The number of benzene rings is 1. The van der Waals surface area contributed by atoms with Crippen LogP contribution >= 0.6 is 0 Å². The van der Waals surface area contributed by atoms with Crippen molar-refractivity contribution in [3.05, 3.63) is 29.8 Å². The molecule has 0 spiro atoms. The Morgan fingerprint density at radius 3 is 2.35 bits per heavy atom. The van der Waals surface area contributed by atoms with E-state index in [1.807, 2.05) is 0 Å². The number of carbonyl (C=O) groups excluding carboxylic acids is 1. The fourth-order valence-electron chi connectivity index (χ4n) is 1.18. The Bertz CT molecular complexity index is 384. The van der Waals surface area contributed by atoms with Gasteiger partial charge in [-0.1, -0.05) is 12.1 Å². The number of alkyl halides is 3. The lowest BCUT2D eigenvalue weighted by Crippen LogP contribution is -2.23. The molecule has 0 aliphatic rings. The lowest BCUT2D eigenvalue weighted by molar-refractivity contribution is -0.187. The predicted molar refractivity (Wildman–Crippen MR) is 53.5 cm³/mol. The monoisotopic (exact) mass is 248 g/mol. The van der Waals surface area contributed by atoms with Crippen LogP contribution in [0.3, 0.4) is 0 Å². The number of hydrogen-bond acceptors (Lipinski definition) is 3. The fraction of sp³-hybridized carbons (Fsp3) is 0.364. The van der Waals surface area contributed by atoms with Crippen LogP contribution < -0.4 is 0 Å². The van der Waals surface area contributed by atoms with E-state index in [2.05, 4.69) is 4.74 Å². The molecule has 0 amide bonds. The SMILES string of the molecule is C[C@H](C(=O)OCC(F)(F)F)c1ccc(O)cc1. The van der Waals surface area contributed by atoms with Crippen LogP contribution in [0.2, 0.25) is 0 Å². The zero-order chi connectivity index (χ0) is 13.1. The number of hydrogen-bond donors (Lipinski definition) is 1. The Hall–Kier alpha value is -1.72. The quantitative estimate of drug-likeness (QED) is 0.836. The molecular weight excluding hydrogens is 237 g/mol. The van der Waals surface area contributed by atoms with Gasteiger partial charge in [0.05, 0.1) is 5.92 Å². The highest BCUT2D eigenvalue weighted by atomic mass is 19.4. The Balaban J connectivity index is 2.61. The minimum absolute atomic E-state index is 0.0182. The van der Waals surface area contributed by atoms with Crippen LogP contribution in [-0.4, -0.2) is 23.9 Å². The molecule has 0 aliphatic carbocycles. The number of ether oxygens (including phenoxy) is 1. The molecule has 1 N–H and O–H groups in total. The number of rotatable bonds is 3. The maximum Gasteiger partial charge on any atom is 0.422 e. The molecule has 6 heteroatoms. The first kappa shape index (κ1) is 13.3. The van der Waals surface area contributed by atoms with Crippen LogP contribution in [0.1, 0.15) is 18.4 Å². The smallest absolute Gasteiger partial charge is 0.422 e. The molecule has 17 heavy (non-hydrogen) atoms. The van der Waals surface area contributed by atoms with E-state index in [-0.39, 0.29) is 5.75 Å². The van der Waals surface area contributed by atoms with Gasteiger partial charge in [-0.2, -0.15) is 13.2 Å². The largest absolute Gasteiger partial charge is 0.508 e. The van der Waals surface area contributed by atoms with Crippen LogP contribution in [0.4, 0.5) is 13.2 Å². The molecule has 1 atom stereocenters. The maximum absolute atomic E-state index is 11.8. The van der Waals surface area contributed by atoms with Crippen LogP contribution in [0.25, 0.3) is 0 Å². The second-order valence-corrected chi connectivity index (χ2v) is 3.54. The highest BCUT2D eigenvalue weighted by molar-refractivity contribution is 5.77. The Morgan fingerprint density at radius 1 is 1.35 bits per heavy atom. The van der Waals surface area contributed by atoms with Crippen molar-refractivity contribution >= 4 is 5.97 Å². The van der Waals surface area contributed by atoms with E-state index in [9.17, 15) is 18.0 Å². The van der Waals surface area contributed by atoms with Crippen molar-refractivity contribution in [2.24, 2.45) is 0 Å². The van der Waals surface area contributed by atoms with Crippen molar-refractivity contribution in [3.8, 4) is 5.75 Å². The van der Waals surface area contributed by atoms with Gasteiger partial charge < -0.3 is 9.84 Å². The summed E-state index contributed by atoms with van der Waals surface area (Å²) >= 11 is 0. The molecule has 0 saturated carbocycles. The molecular formula is C11H11F3O3. The lowest BCUT2D eigenvalue weighted by atomic mass is 10.0. The van der Waals surface area contributed by atoms with Crippen molar-refractivity contribution in [1.82, 2.24) is 0 Å². The van der Waals surface area contributed by atoms with Crippen molar-refractivity contribution < 1.29 is 27.8 Å². The molecule has 94 valence electrons. The minimum Gasteiger partial charge on any atom is -0.508 e. The molecule has 3 nitrogen and oxygen atoms in total. The van der Waals surface area contributed by atoms with Crippen molar-refractivity contribution in [2.75, 3.05) is 6.61 Å². The molecule has 0 saturated heterocycles. The predicted octanol–water partition coefficient (Wildman–Crippen LogP) is 2.60. The van der Waals surface area contributed by atoms with E-state index in [0.29, 0.717) is 5.56 Å². The molecule has 0 unspecified atom stereocenters. The zero-order valence-electron chi connectivity index (χ0n) is 8.99. The number of phenols is 1. The molecule has 0 fully saturated rings. The van der Waals surface area contributed by atoms with Gasteiger partial charge in [-0.3, -0.25) is 4.79 Å². The van der Waals surface area contributed by atoms with E-state index < -0.39 is 24.7 Å². The average Bonchev–Trinajstić information content (AvgIpc) is 2.25. The molecule has 0 aromatic heterocycles. The first-order chi connectivity index (χ1) is 7.79. The van der Waals surface area contributed by atoms with Gasteiger partial charge in [-0.15, -0.1) is 0 Å². The van der Waals surface area contributed by atoms with E-state index in [0.717, 1.165) is 0 Å². The fourth-order valence-corrected chi connectivity index (χ4v) is 1.18. The second-order valence-electron chi connectivity index (χ2n) is 3.54. The third kappa shape index (κ3) is 4.34. The molecule has 1 aromatic carbocycles. The third-order valence-corrected chi connectivity index (χ3v) is 2.12. The van der Waals surface area contributed by atoms with Gasteiger partial charge >= 0.3 is 12.1 Å². The van der Waals surface area contributed by atoms with E-state index in [1.54, 1.807) is 0 Å². The van der Waals surface area contributed by atoms with Crippen LogP contribution in [0.15, 0.2) is 24.3 Å². The number of halogens is 3. The Labute approximate surface area is 95.8 Å². The summed E-state index contributed by atoms with van der Waals surface area (Å²) in [6, 6.07) is 5.61. The highest BCUT2D eigenvalue weighted by Crippen LogP contribution is 2.21. The number of esters is 1. The summed E-state index contributed by atoms with van der Waals surface area (Å²) in [5, 5.41) is 9.02. The van der Waals surface area contributed by atoms with Gasteiger partial charge in [0.25, 0.3) is 0 Å². The van der Waals surface area contributed by atoms with Gasteiger partial charge in [0.15, 0.2) is 6.61 Å². The minimum atomic E-state index is -4.52. The zero-order valence-corrected chi connectivity index (χ0v) is 8.99. The average molecular weight is 248 g/mol. The summed E-state index contributed by atoms with van der Waals surface area (Å²) in [7, 11) is 0. The number of aromatic hydroxyl groups is 1. The van der Waals surface area contributed by atoms with Gasteiger partial charge in [-0.05, 0) is 24.6 Å². The maximum atomic E-state index is 11.8. The first-order valence-electron chi connectivity index (χ1n) is 4.82. The van der Waals surface area contributed by atoms with Gasteiger partial charge in [0.2, 0.25) is 0 Å². The third-order valence-electron chi connectivity index (χ3n) is 2.12. The van der Waals surface area contributed by atoms with Crippen LogP contribution in [-0.2, 0) is 9.53 Å². The second kappa shape index (κ2) is 5.07. The normalized spacial score (nSPS) is 13.2. The van der Waals surface area contributed by atoms with Gasteiger partial charge in [0.1, 0.15) is 5.75 Å². The van der Waals surface area contributed by atoms with Crippen LogP contribution in [0.5, 0.6) is 5.75 Å². The van der Waals surface area contributed by atoms with Gasteiger partial charge in [-0.25, -0.2) is 0 Å². The summed E-state index contributed by atoms with van der Waals surface area (Å²) in [5.41, 5.74) is 0.481. The van der Waals surface area contributed by atoms with Crippen molar-refractivity contribution in [3.63, 3.8) is 0 Å². The summed E-state index contributed by atoms with van der Waals surface area (Å²) in [5.74, 6) is -1.74. The molecule has 0 bridgehead atoms. The number of phenolic OH excluding ortho intramolecular Hbond substituents is 1. The Morgan fingerprint density at radius 2 is 1.88 bits per heavy atom. The lowest BCUT2D eigenvalue weighted by Gasteiger charge is -2.13. The molecule has 1 aromatic rings. The molecule has 0 heterocycles. The Kier molecular flexibility index (Phi) is 3.98. The van der Waals surface area contributed by atoms with E-state index >= 15 is 0 Å². The van der Waals surface area contributed by atoms with Gasteiger partial charge in [0, 0.05) is 0 Å². The summed E-state index contributed by atoms with van der Waals surface area (Å²) in [6.07, 6.45) is -4.52.